The summed E-state index contributed by atoms with van der Waals surface area (Å²) in [6, 6.07) is 9.62. The van der Waals surface area contributed by atoms with Crippen LogP contribution in [0.4, 0.5) is 0 Å². The molecular formula is C18H29BrN2. The maximum absolute atomic E-state index is 3.80. The van der Waals surface area contributed by atoms with Gasteiger partial charge in [0.2, 0.25) is 0 Å². The van der Waals surface area contributed by atoms with Crippen LogP contribution < -0.4 is 5.32 Å². The number of hydrogen-bond acceptors (Lipinski definition) is 2. The molecule has 0 amide bonds. The average molecular weight is 353 g/mol. The van der Waals surface area contributed by atoms with Gasteiger partial charge in [0.25, 0.3) is 0 Å². The molecule has 0 aromatic heterocycles. The minimum absolute atomic E-state index is 0.408. The standard InChI is InChI=1S/C18H29BrN2/c1-4-10-21-11-8-16(9-12-21)14(2)20-15(3)17-6-5-7-18(19)13-17/h5-7,13-16,20H,4,8-12H2,1-3H3. The zero-order valence-electron chi connectivity index (χ0n) is 13.6. The molecule has 0 spiro atoms. The van der Waals surface area contributed by atoms with Gasteiger partial charge < -0.3 is 10.2 Å². The normalized spacial score (nSPS) is 20.4. The van der Waals surface area contributed by atoms with Crippen LogP contribution in [0.5, 0.6) is 0 Å². The second-order valence-corrected chi connectivity index (χ2v) is 7.33. The number of hydrogen-bond donors (Lipinski definition) is 1. The van der Waals surface area contributed by atoms with Crippen molar-refractivity contribution >= 4 is 15.9 Å². The van der Waals surface area contributed by atoms with Crippen molar-refractivity contribution < 1.29 is 0 Å². The van der Waals surface area contributed by atoms with Gasteiger partial charge >= 0.3 is 0 Å². The van der Waals surface area contributed by atoms with Crippen LogP contribution in [0.1, 0.15) is 51.6 Å². The highest BCUT2D eigenvalue weighted by Crippen LogP contribution is 2.24. The van der Waals surface area contributed by atoms with Crippen molar-refractivity contribution in [3.63, 3.8) is 0 Å². The van der Waals surface area contributed by atoms with Gasteiger partial charge in [-0.15, -0.1) is 0 Å². The van der Waals surface area contributed by atoms with Gasteiger partial charge in [-0.1, -0.05) is 35.0 Å². The Morgan fingerprint density at radius 2 is 2.00 bits per heavy atom. The van der Waals surface area contributed by atoms with E-state index in [4.69, 9.17) is 0 Å². The van der Waals surface area contributed by atoms with Crippen molar-refractivity contribution in [1.29, 1.82) is 0 Å². The lowest BCUT2D eigenvalue weighted by Crippen LogP contribution is -2.42. The number of benzene rings is 1. The number of piperidine rings is 1. The van der Waals surface area contributed by atoms with Crippen LogP contribution >= 0.6 is 15.9 Å². The maximum Gasteiger partial charge on any atom is 0.0294 e. The molecule has 0 saturated carbocycles. The van der Waals surface area contributed by atoms with Crippen LogP contribution in [-0.2, 0) is 0 Å². The molecule has 2 rings (SSSR count). The molecule has 1 heterocycles. The second kappa shape index (κ2) is 8.30. The predicted molar refractivity (Wildman–Crippen MR) is 94.6 cm³/mol. The first-order valence-corrected chi connectivity index (χ1v) is 9.13. The van der Waals surface area contributed by atoms with E-state index in [9.17, 15) is 0 Å². The van der Waals surface area contributed by atoms with E-state index in [1.807, 2.05) is 0 Å². The Labute approximate surface area is 138 Å². The van der Waals surface area contributed by atoms with E-state index in [1.165, 1.54) is 44.5 Å². The van der Waals surface area contributed by atoms with Crippen LogP contribution in [0.3, 0.4) is 0 Å². The molecule has 1 fully saturated rings. The summed E-state index contributed by atoms with van der Waals surface area (Å²) < 4.78 is 1.16. The van der Waals surface area contributed by atoms with Crippen molar-refractivity contribution in [2.75, 3.05) is 19.6 Å². The summed E-state index contributed by atoms with van der Waals surface area (Å²) in [5.41, 5.74) is 1.36. The lowest BCUT2D eigenvalue weighted by molar-refractivity contribution is 0.159. The molecule has 21 heavy (non-hydrogen) atoms. The molecule has 2 unspecified atom stereocenters. The molecule has 0 aliphatic carbocycles. The van der Waals surface area contributed by atoms with Crippen LogP contribution in [-0.4, -0.2) is 30.6 Å². The Kier molecular flexibility index (Phi) is 6.72. The number of likely N-dealkylation sites (tertiary alicyclic amines) is 1. The Morgan fingerprint density at radius 3 is 2.62 bits per heavy atom. The third-order valence-corrected chi connectivity index (χ3v) is 5.23. The molecular weight excluding hydrogens is 324 g/mol. The summed E-state index contributed by atoms with van der Waals surface area (Å²) in [6.45, 7) is 10.7. The van der Waals surface area contributed by atoms with E-state index in [0.29, 0.717) is 12.1 Å². The molecule has 1 N–H and O–H groups in total. The minimum Gasteiger partial charge on any atom is -0.307 e. The molecule has 2 nitrogen and oxygen atoms in total. The van der Waals surface area contributed by atoms with E-state index in [-0.39, 0.29) is 0 Å². The highest BCUT2D eigenvalue weighted by molar-refractivity contribution is 9.10. The summed E-state index contributed by atoms with van der Waals surface area (Å²) in [5.74, 6) is 0.813. The Balaban J connectivity index is 1.83. The van der Waals surface area contributed by atoms with Gasteiger partial charge in [-0.3, -0.25) is 0 Å². The van der Waals surface area contributed by atoms with E-state index in [0.717, 1.165) is 10.4 Å². The Hall–Kier alpha value is -0.380. The minimum atomic E-state index is 0.408. The number of halogens is 1. The van der Waals surface area contributed by atoms with E-state index < -0.39 is 0 Å². The van der Waals surface area contributed by atoms with Gasteiger partial charge in [-0.25, -0.2) is 0 Å². The number of nitrogens with zero attached hydrogens (tertiary/aromatic N) is 1. The van der Waals surface area contributed by atoms with Gasteiger partial charge in [-0.05, 0) is 76.4 Å². The van der Waals surface area contributed by atoms with E-state index >= 15 is 0 Å². The maximum atomic E-state index is 3.80. The number of rotatable bonds is 6. The van der Waals surface area contributed by atoms with Gasteiger partial charge in [0.05, 0.1) is 0 Å². The van der Waals surface area contributed by atoms with Crippen LogP contribution in [0.15, 0.2) is 28.7 Å². The van der Waals surface area contributed by atoms with Crippen molar-refractivity contribution in [2.45, 2.75) is 52.1 Å². The molecule has 1 aromatic carbocycles. The van der Waals surface area contributed by atoms with Crippen LogP contribution in [0, 0.1) is 5.92 Å². The summed E-state index contributed by atoms with van der Waals surface area (Å²) in [7, 11) is 0. The van der Waals surface area contributed by atoms with Crippen molar-refractivity contribution in [1.82, 2.24) is 10.2 Å². The summed E-state index contributed by atoms with van der Waals surface area (Å²) >= 11 is 3.56. The summed E-state index contributed by atoms with van der Waals surface area (Å²) in [5, 5.41) is 3.80. The highest BCUT2D eigenvalue weighted by atomic mass is 79.9. The first-order chi connectivity index (χ1) is 10.1. The Bertz CT molecular complexity index is 427. The van der Waals surface area contributed by atoms with Gasteiger partial charge in [0.1, 0.15) is 0 Å². The fourth-order valence-electron chi connectivity index (χ4n) is 3.40. The van der Waals surface area contributed by atoms with Crippen LogP contribution in [0.2, 0.25) is 0 Å². The van der Waals surface area contributed by atoms with Crippen LogP contribution in [0.25, 0.3) is 0 Å². The molecule has 118 valence electrons. The predicted octanol–water partition coefficient (Wildman–Crippen LogP) is 4.61. The Morgan fingerprint density at radius 1 is 1.29 bits per heavy atom. The van der Waals surface area contributed by atoms with Gasteiger partial charge in [-0.2, -0.15) is 0 Å². The molecule has 3 heteroatoms. The fourth-order valence-corrected chi connectivity index (χ4v) is 3.81. The fraction of sp³-hybridized carbons (Fsp3) is 0.667. The van der Waals surface area contributed by atoms with E-state index in [2.05, 4.69) is 71.2 Å². The SMILES string of the molecule is CCCN1CCC(C(C)NC(C)c2cccc(Br)c2)CC1. The molecule has 0 bridgehead atoms. The first kappa shape index (κ1) is 17.0. The average Bonchev–Trinajstić information content (AvgIpc) is 2.48. The molecule has 0 radical (unpaired) electrons. The molecule has 1 aliphatic rings. The third kappa shape index (κ3) is 5.08. The highest BCUT2D eigenvalue weighted by Gasteiger charge is 2.24. The van der Waals surface area contributed by atoms with Crippen molar-refractivity contribution in [3.05, 3.63) is 34.3 Å². The zero-order chi connectivity index (χ0) is 15.2. The van der Waals surface area contributed by atoms with Crippen molar-refractivity contribution in [3.8, 4) is 0 Å². The molecule has 1 aliphatic heterocycles. The van der Waals surface area contributed by atoms with E-state index in [1.54, 1.807) is 0 Å². The largest absolute Gasteiger partial charge is 0.307 e. The quantitative estimate of drug-likeness (QED) is 0.803. The summed E-state index contributed by atoms with van der Waals surface area (Å²) in [6.07, 6.45) is 3.94. The first-order valence-electron chi connectivity index (χ1n) is 8.34. The van der Waals surface area contributed by atoms with Gasteiger partial charge in [0.15, 0.2) is 0 Å². The molecule has 2 atom stereocenters. The molecule has 1 saturated heterocycles. The smallest absolute Gasteiger partial charge is 0.0294 e. The lowest BCUT2D eigenvalue weighted by atomic mass is 9.89. The zero-order valence-corrected chi connectivity index (χ0v) is 15.2. The van der Waals surface area contributed by atoms with Gasteiger partial charge in [0, 0.05) is 16.6 Å². The second-order valence-electron chi connectivity index (χ2n) is 6.41. The summed E-state index contributed by atoms with van der Waals surface area (Å²) in [4.78, 5) is 2.61. The van der Waals surface area contributed by atoms with Crippen molar-refractivity contribution in [2.24, 2.45) is 5.92 Å². The lowest BCUT2D eigenvalue weighted by Gasteiger charge is -2.36. The number of nitrogens with one attached hydrogen (secondary N) is 1. The topological polar surface area (TPSA) is 15.3 Å². The third-order valence-electron chi connectivity index (χ3n) is 4.74. The monoisotopic (exact) mass is 352 g/mol. The molecule has 1 aromatic rings.